The van der Waals surface area contributed by atoms with E-state index in [0.29, 0.717) is 33.6 Å². The molecule has 36 heavy (non-hydrogen) atoms. The summed E-state index contributed by atoms with van der Waals surface area (Å²) in [5.41, 5.74) is 5.75. The highest BCUT2D eigenvalue weighted by Crippen LogP contribution is 2.36. The number of fused-ring (bicyclic) bond motifs is 1. The summed E-state index contributed by atoms with van der Waals surface area (Å²) >= 11 is 1.50. The molecule has 0 aliphatic carbocycles. The Balaban J connectivity index is 1.60. The molecule has 178 valence electrons. The molecule has 0 aliphatic rings. The predicted octanol–water partition coefficient (Wildman–Crippen LogP) is 5.89. The minimum Gasteiger partial charge on any atom is -0.494 e. The van der Waals surface area contributed by atoms with Crippen molar-refractivity contribution in [3.63, 3.8) is 0 Å². The van der Waals surface area contributed by atoms with Gasteiger partial charge >= 0.3 is 0 Å². The maximum absolute atomic E-state index is 13.9. The van der Waals surface area contributed by atoms with Crippen LogP contribution < -0.4 is 15.2 Å². The van der Waals surface area contributed by atoms with Crippen molar-refractivity contribution in [3.05, 3.63) is 113 Å². The Morgan fingerprint density at radius 3 is 2.28 bits per heavy atom. The number of amides is 2. The quantitative estimate of drug-likeness (QED) is 0.299. The van der Waals surface area contributed by atoms with E-state index >= 15 is 0 Å². The first-order valence-electron chi connectivity index (χ1n) is 11.4. The fourth-order valence-electron chi connectivity index (χ4n) is 4.06. The number of rotatable bonds is 6. The van der Waals surface area contributed by atoms with E-state index in [1.807, 2.05) is 90.3 Å². The molecule has 3 aromatic carbocycles. The van der Waals surface area contributed by atoms with Crippen LogP contribution in [0, 0.1) is 0 Å². The molecule has 5 rings (SSSR count). The number of aromatic nitrogens is 1. The molecule has 0 aliphatic heterocycles. The average Bonchev–Trinajstić information content (AvgIpc) is 3.44. The molecule has 1 N–H and O–H groups in total. The molecule has 2 heterocycles. The molecule has 2 amide bonds. The first-order chi connectivity index (χ1) is 17.7. The molecule has 6 nitrogen and oxygen atoms in total. The van der Waals surface area contributed by atoms with Crippen LogP contribution in [0.1, 0.15) is 15.2 Å². The number of nitrogens with zero attached hydrogens (tertiary/aromatic N) is 2. The van der Waals surface area contributed by atoms with E-state index in [1.165, 1.54) is 23.5 Å². The van der Waals surface area contributed by atoms with Gasteiger partial charge in [-0.2, -0.15) is 0 Å². The van der Waals surface area contributed by atoms with Gasteiger partial charge in [-0.25, -0.2) is 9.99 Å². The fraction of sp³-hybridized carbons (Fsp3) is 0.0690. The summed E-state index contributed by atoms with van der Waals surface area (Å²) in [6.07, 6.45) is 0.163. The van der Waals surface area contributed by atoms with Crippen molar-refractivity contribution in [1.29, 1.82) is 0 Å². The van der Waals surface area contributed by atoms with E-state index in [-0.39, 0.29) is 12.3 Å². The van der Waals surface area contributed by atoms with Crippen molar-refractivity contribution in [2.45, 2.75) is 6.42 Å². The number of para-hydroxylation sites is 2. The molecule has 5 aromatic rings. The number of ether oxygens (including phenoxy) is 1. The second-order valence-corrected chi connectivity index (χ2v) is 9.05. The van der Waals surface area contributed by atoms with Crippen LogP contribution >= 0.6 is 11.3 Å². The van der Waals surface area contributed by atoms with Crippen molar-refractivity contribution in [2.24, 2.45) is 0 Å². The molecule has 0 unspecified atom stereocenters. The summed E-state index contributed by atoms with van der Waals surface area (Å²) in [6, 6.07) is 29.8. The molecule has 2 aromatic heterocycles. The lowest BCUT2D eigenvalue weighted by Gasteiger charge is -2.24. The number of hydrogen-bond acceptors (Lipinski definition) is 5. The number of methoxy groups -OCH3 is 1. The van der Waals surface area contributed by atoms with E-state index in [9.17, 15) is 9.59 Å². The van der Waals surface area contributed by atoms with Gasteiger partial charge in [-0.1, -0.05) is 72.8 Å². The third-order valence-corrected chi connectivity index (χ3v) is 6.59. The Labute approximate surface area is 212 Å². The normalized spacial score (nSPS) is 10.7. The molecular weight excluding hydrogens is 470 g/mol. The average molecular weight is 494 g/mol. The van der Waals surface area contributed by atoms with Crippen molar-refractivity contribution < 1.29 is 14.3 Å². The zero-order valence-corrected chi connectivity index (χ0v) is 20.4. The highest BCUT2D eigenvalue weighted by atomic mass is 32.1. The second kappa shape index (κ2) is 10.4. The highest BCUT2D eigenvalue weighted by molar-refractivity contribution is 7.10. The monoisotopic (exact) mass is 493 g/mol. The number of pyridine rings is 1. The van der Waals surface area contributed by atoms with Gasteiger partial charge in [0.15, 0.2) is 5.75 Å². The first kappa shape index (κ1) is 23.3. The van der Waals surface area contributed by atoms with E-state index in [1.54, 1.807) is 12.1 Å². The standard InChI is InChI=1S/C29H23N3O3S/c1-35-28-26(23-16-8-9-17-24(23)30-27(28)20-11-4-2-5-12-20)29(34)31-32(21-13-6-3-7-14-21)25(33)19-22-15-10-18-36-22/h2-18H,19H2,1H3,(H,31,34). The Morgan fingerprint density at radius 1 is 0.889 bits per heavy atom. The summed E-state index contributed by atoms with van der Waals surface area (Å²) in [4.78, 5) is 33.0. The number of carbonyl (C=O) groups is 2. The SMILES string of the molecule is COc1c(-c2ccccc2)nc2ccccc2c1C(=O)NN(C(=O)Cc1cccs1)c1ccccc1. The third-order valence-electron chi connectivity index (χ3n) is 5.71. The first-order valence-corrected chi connectivity index (χ1v) is 12.3. The van der Waals surface area contributed by atoms with Gasteiger partial charge in [0.1, 0.15) is 5.69 Å². The van der Waals surface area contributed by atoms with Crippen molar-refractivity contribution in [3.8, 4) is 17.0 Å². The Kier molecular flexibility index (Phi) is 6.73. The smallest absolute Gasteiger partial charge is 0.274 e. The lowest BCUT2D eigenvalue weighted by Crippen LogP contribution is -2.47. The van der Waals surface area contributed by atoms with Crippen molar-refractivity contribution in [1.82, 2.24) is 10.4 Å². The summed E-state index contributed by atoms with van der Waals surface area (Å²) in [5, 5.41) is 3.86. The Hall–Kier alpha value is -4.49. The molecule has 0 saturated carbocycles. The fourth-order valence-corrected chi connectivity index (χ4v) is 4.75. The molecular formula is C29H23N3O3S. The summed E-state index contributed by atoms with van der Waals surface area (Å²) in [7, 11) is 1.52. The van der Waals surface area contributed by atoms with Gasteiger partial charge in [0.2, 0.25) is 0 Å². The van der Waals surface area contributed by atoms with E-state index in [0.717, 1.165) is 10.4 Å². The number of hydrogen-bond donors (Lipinski definition) is 1. The van der Waals surface area contributed by atoms with Crippen LogP contribution in [0.4, 0.5) is 5.69 Å². The van der Waals surface area contributed by atoms with Gasteiger partial charge in [0, 0.05) is 15.8 Å². The summed E-state index contributed by atoms with van der Waals surface area (Å²) in [5.74, 6) is -0.375. The second-order valence-electron chi connectivity index (χ2n) is 8.01. The number of hydrazine groups is 1. The maximum atomic E-state index is 13.9. The number of benzene rings is 3. The van der Waals surface area contributed by atoms with Gasteiger partial charge < -0.3 is 4.74 Å². The van der Waals surface area contributed by atoms with Crippen LogP contribution in [-0.2, 0) is 11.2 Å². The largest absolute Gasteiger partial charge is 0.494 e. The summed E-state index contributed by atoms with van der Waals surface area (Å²) in [6.45, 7) is 0. The third kappa shape index (κ3) is 4.69. The molecule has 0 saturated heterocycles. The molecule has 0 spiro atoms. The van der Waals surface area contributed by atoms with Crippen LogP contribution in [-0.4, -0.2) is 23.9 Å². The zero-order chi connectivity index (χ0) is 24.9. The zero-order valence-electron chi connectivity index (χ0n) is 19.5. The van der Waals surface area contributed by atoms with Crippen LogP contribution in [0.3, 0.4) is 0 Å². The maximum Gasteiger partial charge on any atom is 0.274 e. The topological polar surface area (TPSA) is 71.5 Å². The lowest BCUT2D eigenvalue weighted by molar-refractivity contribution is -0.118. The predicted molar refractivity (Wildman–Crippen MR) is 143 cm³/mol. The van der Waals surface area contributed by atoms with Gasteiger partial charge in [0.05, 0.1) is 30.3 Å². The van der Waals surface area contributed by atoms with Gasteiger partial charge in [-0.05, 0) is 29.6 Å². The van der Waals surface area contributed by atoms with Gasteiger partial charge in [-0.15, -0.1) is 11.3 Å². The number of anilines is 1. The minimum absolute atomic E-state index is 0.163. The number of thiophene rings is 1. The van der Waals surface area contributed by atoms with E-state index < -0.39 is 5.91 Å². The Bertz CT molecular complexity index is 1500. The molecule has 0 radical (unpaired) electrons. The molecule has 0 atom stereocenters. The van der Waals surface area contributed by atoms with E-state index in [2.05, 4.69) is 5.43 Å². The van der Waals surface area contributed by atoms with Crippen LogP contribution in [0.5, 0.6) is 5.75 Å². The van der Waals surface area contributed by atoms with Gasteiger partial charge in [-0.3, -0.25) is 15.0 Å². The number of nitrogens with one attached hydrogen (secondary N) is 1. The van der Waals surface area contributed by atoms with Gasteiger partial charge in [0.25, 0.3) is 11.8 Å². The number of carbonyl (C=O) groups excluding carboxylic acids is 2. The van der Waals surface area contributed by atoms with Crippen LogP contribution in [0.25, 0.3) is 22.2 Å². The molecule has 0 bridgehead atoms. The molecule has 7 heteroatoms. The van der Waals surface area contributed by atoms with Crippen molar-refractivity contribution in [2.75, 3.05) is 12.1 Å². The minimum atomic E-state index is -0.467. The molecule has 0 fully saturated rings. The Morgan fingerprint density at radius 2 is 1.58 bits per heavy atom. The van der Waals surface area contributed by atoms with Crippen molar-refractivity contribution >= 4 is 39.7 Å². The van der Waals surface area contributed by atoms with Crippen LogP contribution in [0.2, 0.25) is 0 Å². The van der Waals surface area contributed by atoms with E-state index in [4.69, 9.17) is 9.72 Å². The summed E-state index contributed by atoms with van der Waals surface area (Å²) < 4.78 is 5.77. The lowest BCUT2D eigenvalue weighted by atomic mass is 10.0. The highest BCUT2D eigenvalue weighted by Gasteiger charge is 2.26. The van der Waals surface area contributed by atoms with Crippen LogP contribution in [0.15, 0.2) is 102 Å².